The van der Waals surface area contributed by atoms with E-state index in [4.69, 9.17) is 11.6 Å². The Hall–Kier alpha value is -4.34. The zero-order valence-corrected chi connectivity index (χ0v) is 24.2. The molecule has 0 aliphatic rings. The molecule has 5 aromatic carbocycles. The Labute approximate surface area is 247 Å². The summed E-state index contributed by atoms with van der Waals surface area (Å²) in [6.45, 7) is 4.24. The Bertz CT molecular complexity index is 1590. The fourth-order valence-electron chi connectivity index (χ4n) is 5.73. The second kappa shape index (κ2) is 12.4. The van der Waals surface area contributed by atoms with Gasteiger partial charge in [-0.25, -0.2) is 0 Å². The maximum absolute atomic E-state index is 13.3. The van der Waals surface area contributed by atoms with Crippen molar-refractivity contribution in [3.8, 4) is 5.75 Å². The molecule has 5 rings (SSSR count). The summed E-state index contributed by atoms with van der Waals surface area (Å²) in [5.74, 6) is -0.485. The van der Waals surface area contributed by atoms with Gasteiger partial charge in [-0.1, -0.05) is 128 Å². The minimum absolute atomic E-state index is 0.0493. The monoisotopic (exact) mass is 559 g/mol. The Morgan fingerprint density at radius 1 is 0.756 bits per heavy atom. The van der Waals surface area contributed by atoms with Gasteiger partial charge in [0.25, 0.3) is 5.91 Å². The first-order valence-electron chi connectivity index (χ1n) is 14.1. The van der Waals surface area contributed by atoms with Gasteiger partial charge in [-0.15, -0.1) is 0 Å². The number of halogens is 1. The highest BCUT2D eigenvalue weighted by molar-refractivity contribution is 6.35. The van der Waals surface area contributed by atoms with Crippen molar-refractivity contribution < 1.29 is 9.90 Å². The number of phenolic OH excluding ortho intramolecular Hbond substituents is 1. The summed E-state index contributed by atoms with van der Waals surface area (Å²) < 4.78 is 0. The summed E-state index contributed by atoms with van der Waals surface area (Å²) in [6.07, 6.45) is 2.60. The Morgan fingerprint density at radius 3 is 1.90 bits per heavy atom. The molecule has 0 unspecified atom stereocenters. The Morgan fingerprint density at radius 2 is 1.32 bits per heavy atom. The number of rotatable bonds is 9. The van der Waals surface area contributed by atoms with Crippen LogP contribution in [0, 0.1) is 6.92 Å². The zero-order valence-electron chi connectivity index (χ0n) is 23.4. The van der Waals surface area contributed by atoms with Crippen molar-refractivity contribution in [2.45, 2.75) is 38.5 Å². The summed E-state index contributed by atoms with van der Waals surface area (Å²) in [4.78, 5) is 13.3. The van der Waals surface area contributed by atoms with Gasteiger partial charge in [0, 0.05) is 5.69 Å². The molecule has 0 spiro atoms. The predicted molar refractivity (Wildman–Crippen MR) is 169 cm³/mol. The molecule has 0 radical (unpaired) electrons. The van der Waals surface area contributed by atoms with E-state index in [0.29, 0.717) is 12.1 Å². The lowest BCUT2D eigenvalue weighted by molar-refractivity contribution is 0.102. The first-order valence-corrected chi connectivity index (χ1v) is 14.4. The number of anilines is 1. The number of phenols is 1. The third-order valence-electron chi connectivity index (χ3n) is 7.78. The van der Waals surface area contributed by atoms with Gasteiger partial charge in [0.05, 0.1) is 10.4 Å². The molecule has 0 bridgehead atoms. The Kier molecular flexibility index (Phi) is 8.56. The minimum Gasteiger partial charge on any atom is -0.507 e. The normalized spacial score (nSPS) is 11.3. The molecule has 0 saturated heterocycles. The van der Waals surface area contributed by atoms with Crippen LogP contribution in [0.3, 0.4) is 0 Å². The second-order valence-corrected chi connectivity index (χ2v) is 10.8. The van der Waals surface area contributed by atoms with E-state index in [1.807, 2.05) is 24.3 Å². The van der Waals surface area contributed by atoms with E-state index in [1.165, 1.54) is 11.1 Å². The van der Waals surface area contributed by atoms with Crippen LogP contribution in [0.15, 0.2) is 121 Å². The molecule has 1 amide bonds. The number of aromatic hydroxyl groups is 1. The second-order valence-electron chi connectivity index (χ2n) is 10.4. The van der Waals surface area contributed by atoms with Crippen molar-refractivity contribution in [1.82, 2.24) is 0 Å². The average Bonchev–Trinajstić information content (AvgIpc) is 3.00. The summed E-state index contributed by atoms with van der Waals surface area (Å²) in [5, 5.41) is 14.0. The highest BCUT2D eigenvalue weighted by Gasteiger charge is 2.39. The zero-order chi connectivity index (χ0) is 28.8. The van der Waals surface area contributed by atoms with E-state index in [-0.39, 0.29) is 16.3 Å². The number of hydrogen-bond acceptors (Lipinski definition) is 2. The van der Waals surface area contributed by atoms with Gasteiger partial charge >= 0.3 is 0 Å². The summed E-state index contributed by atoms with van der Waals surface area (Å²) >= 11 is 6.38. The number of aryl methyl sites for hydroxylation is 2. The molecule has 0 saturated carbocycles. The van der Waals surface area contributed by atoms with Crippen LogP contribution < -0.4 is 5.32 Å². The molecular formula is C37H34ClNO2. The number of amides is 1. The first kappa shape index (κ1) is 28.2. The molecular weight excluding hydrogens is 526 g/mol. The van der Waals surface area contributed by atoms with Crippen molar-refractivity contribution in [2.24, 2.45) is 0 Å². The highest BCUT2D eigenvalue weighted by Crippen LogP contribution is 2.46. The maximum atomic E-state index is 13.3. The van der Waals surface area contributed by atoms with Gasteiger partial charge in [0.2, 0.25) is 0 Å². The fourth-order valence-corrected chi connectivity index (χ4v) is 5.97. The molecule has 206 valence electrons. The lowest BCUT2D eigenvalue weighted by Crippen LogP contribution is -2.31. The van der Waals surface area contributed by atoms with E-state index < -0.39 is 11.3 Å². The van der Waals surface area contributed by atoms with E-state index in [2.05, 4.69) is 104 Å². The number of carbonyl (C=O) groups excluding carboxylic acids is 1. The largest absolute Gasteiger partial charge is 0.507 e. The van der Waals surface area contributed by atoms with Crippen molar-refractivity contribution in [2.75, 3.05) is 5.32 Å². The first-order chi connectivity index (χ1) is 20.0. The van der Waals surface area contributed by atoms with Crippen LogP contribution in [0.1, 0.15) is 63.5 Å². The SMILES string of the molecule is CCCCc1ccc(Cl)c(C(=O)Nc2ccc(C(c3ccccc3)(c3ccccc3)c3ccccc3C)cc2)c1O. The molecule has 0 aromatic heterocycles. The van der Waals surface area contributed by atoms with Crippen LogP contribution in [0.25, 0.3) is 0 Å². The molecule has 2 N–H and O–H groups in total. The number of benzene rings is 5. The quantitative estimate of drug-likeness (QED) is 0.177. The van der Waals surface area contributed by atoms with Gasteiger partial charge in [-0.3, -0.25) is 4.79 Å². The van der Waals surface area contributed by atoms with Crippen molar-refractivity contribution in [1.29, 1.82) is 0 Å². The lowest BCUT2D eigenvalue weighted by atomic mass is 9.64. The van der Waals surface area contributed by atoms with Crippen LogP contribution >= 0.6 is 11.6 Å². The maximum Gasteiger partial charge on any atom is 0.260 e. The number of carbonyl (C=O) groups is 1. The van der Waals surface area contributed by atoms with Crippen LogP contribution in [0.5, 0.6) is 5.75 Å². The Balaban J connectivity index is 1.59. The smallest absolute Gasteiger partial charge is 0.260 e. The van der Waals surface area contributed by atoms with Gasteiger partial charge in [-0.05, 0) is 71.3 Å². The molecule has 0 fully saturated rings. The number of hydrogen-bond donors (Lipinski definition) is 2. The van der Waals surface area contributed by atoms with E-state index >= 15 is 0 Å². The minimum atomic E-state index is -0.578. The molecule has 0 atom stereocenters. The third-order valence-corrected chi connectivity index (χ3v) is 8.09. The summed E-state index contributed by atoms with van der Waals surface area (Å²) in [6, 6.07) is 41.0. The lowest BCUT2D eigenvalue weighted by Gasteiger charge is -2.38. The number of unbranched alkanes of at least 4 members (excludes halogenated alkanes) is 1. The van der Waals surface area contributed by atoms with Crippen LogP contribution in [-0.2, 0) is 11.8 Å². The molecule has 41 heavy (non-hydrogen) atoms. The van der Waals surface area contributed by atoms with Crippen molar-refractivity contribution in [3.05, 3.63) is 165 Å². The van der Waals surface area contributed by atoms with Crippen molar-refractivity contribution >= 4 is 23.2 Å². The van der Waals surface area contributed by atoms with Crippen LogP contribution in [-0.4, -0.2) is 11.0 Å². The van der Waals surface area contributed by atoms with Gasteiger partial charge in [0.15, 0.2) is 0 Å². The predicted octanol–water partition coefficient (Wildman–Crippen LogP) is 9.33. The highest BCUT2D eigenvalue weighted by atomic mass is 35.5. The summed E-state index contributed by atoms with van der Waals surface area (Å²) in [5.41, 5.74) is 6.62. The topological polar surface area (TPSA) is 49.3 Å². The van der Waals surface area contributed by atoms with Crippen molar-refractivity contribution in [3.63, 3.8) is 0 Å². The standard InChI is InChI=1S/C37H34ClNO2/c1-3-4-14-27-20-25-33(38)34(35(27)40)36(41)39-31-23-21-30(22-24-31)37(28-15-7-5-8-16-28,29-17-9-6-10-18-29)32-19-12-11-13-26(32)2/h5-13,15-25,40H,3-4,14H2,1-2H3,(H,39,41). The van der Waals surface area contributed by atoms with Gasteiger partial charge in [0.1, 0.15) is 11.3 Å². The average molecular weight is 560 g/mol. The third kappa shape index (κ3) is 5.51. The molecule has 5 aromatic rings. The van der Waals surface area contributed by atoms with Crippen LogP contribution in [0.4, 0.5) is 5.69 Å². The molecule has 3 nitrogen and oxygen atoms in total. The van der Waals surface area contributed by atoms with E-state index in [0.717, 1.165) is 35.1 Å². The van der Waals surface area contributed by atoms with Gasteiger partial charge < -0.3 is 10.4 Å². The molecule has 0 aliphatic heterocycles. The molecule has 4 heteroatoms. The van der Waals surface area contributed by atoms with E-state index in [1.54, 1.807) is 12.1 Å². The molecule has 0 aliphatic carbocycles. The fraction of sp³-hybridized carbons (Fsp3) is 0.162. The van der Waals surface area contributed by atoms with Gasteiger partial charge in [-0.2, -0.15) is 0 Å². The van der Waals surface area contributed by atoms with E-state index in [9.17, 15) is 9.90 Å². The molecule has 0 heterocycles. The van der Waals surface area contributed by atoms with Crippen LogP contribution in [0.2, 0.25) is 5.02 Å². The summed E-state index contributed by atoms with van der Waals surface area (Å²) in [7, 11) is 0. The number of nitrogens with one attached hydrogen (secondary N) is 1.